The number of hydrogen-bond acceptors (Lipinski definition) is 5. The van der Waals surface area contributed by atoms with E-state index in [1.165, 1.54) is 20.0 Å². The van der Waals surface area contributed by atoms with Crippen LogP contribution >= 0.6 is 0 Å². The molecule has 2 N–H and O–H groups in total. The molecule has 2 aliphatic rings. The molecule has 4 rings (SSSR count). The summed E-state index contributed by atoms with van der Waals surface area (Å²) in [5, 5.41) is 3.09. The number of carbonyl (C=O) groups is 2. The van der Waals surface area contributed by atoms with Gasteiger partial charge in [0.25, 0.3) is 5.91 Å². The third kappa shape index (κ3) is 3.31. The number of piperidine rings is 1. The largest absolute Gasteiger partial charge is 0.465 e. The van der Waals surface area contributed by atoms with Gasteiger partial charge in [-0.3, -0.25) is 4.79 Å². The number of aryl methyl sites for hydroxylation is 1. The molecule has 0 unspecified atom stereocenters. The molecule has 26 heavy (non-hydrogen) atoms. The predicted molar refractivity (Wildman–Crippen MR) is 97.3 cm³/mol. The second-order valence-corrected chi connectivity index (χ2v) is 7.28. The maximum atomic E-state index is 12.6. The third-order valence-corrected chi connectivity index (χ3v) is 5.35. The SMILES string of the molecule is COC(=O)c1cc(C)c2[nH]c(C(=O)NC3CCN(C4CC4)CC3)nc2c1. The Morgan fingerprint density at radius 3 is 2.62 bits per heavy atom. The number of aromatic nitrogens is 2. The molecule has 138 valence electrons. The Bertz CT molecular complexity index is 848. The highest BCUT2D eigenvalue weighted by atomic mass is 16.5. The zero-order valence-electron chi connectivity index (χ0n) is 15.2. The van der Waals surface area contributed by atoms with Crippen molar-refractivity contribution < 1.29 is 14.3 Å². The van der Waals surface area contributed by atoms with Gasteiger partial charge in [0.1, 0.15) is 0 Å². The summed E-state index contributed by atoms with van der Waals surface area (Å²) in [4.78, 5) is 34.3. The number of esters is 1. The van der Waals surface area contributed by atoms with E-state index in [1.807, 2.05) is 6.92 Å². The summed E-state index contributed by atoms with van der Waals surface area (Å²) in [6, 6.07) is 4.36. The molecule has 7 heteroatoms. The molecular weight excluding hydrogens is 332 g/mol. The van der Waals surface area contributed by atoms with Crippen molar-refractivity contribution in [2.24, 2.45) is 0 Å². The molecule has 2 heterocycles. The molecule has 7 nitrogen and oxygen atoms in total. The lowest BCUT2D eigenvalue weighted by molar-refractivity contribution is 0.0600. The van der Waals surface area contributed by atoms with Gasteiger partial charge in [-0.05, 0) is 50.3 Å². The summed E-state index contributed by atoms with van der Waals surface area (Å²) in [7, 11) is 1.35. The van der Waals surface area contributed by atoms with Crippen LogP contribution in [0.1, 0.15) is 52.2 Å². The van der Waals surface area contributed by atoms with Gasteiger partial charge in [-0.25, -0.2) is 9.78 Å². The minimum atomic E-state index is -0.411. The van der Waals surface area contributed by atoms with Gasteiger partial charge in [-0.2, -0.15) is 0 Å². The first-order chi connectivity index (χ1) is 12.5. The van der Waals surface area contributed by atoms with E-state index in [0.717, 1.165) is 43.1 Å². The quantitative estimate of drug-likeness (QED) is 0.819. The number of H-pyrrole nitrogens is 1. The Balaban J connectivity index is 1.46. The molecule has 0 spiro atoms. The fourth-order valence-electron chi connectivity index (χ4n) is 3.73. The van der Waals surface area contributed by atoms with Gasteiger partial charge in [0, 0.05) is 25.2 Å². The summed E-state index contributed by atoms with van der Waals surface area (Å²) >= 11 is 0. The lowest BCUT2D eigenvalue weighted by Crippen LogP contribution is -2.45. The van der Waals surface area contributed by atoms with E-state index in [-0.39, 0.29) is 17.8 Å². The molecule has 1 aliphatic heterocycles. The van der Waals surface area contributed by atoms with Crippen molar-refractivity contribution in [2.75, 3.05) is 20.2 Å². The second-order valence-electron chi connectivity index (χ2n) is 7.28. The Hall–Kier alpha value is -2.41. The van der Waals surface area contributed by atoms with Gasteiger partial charge >= 0.3 is 5.97 Å². The maximum absolute atomic E-state index is 12.6. The van der Waals surface area contributed by atoms with Crippen molar-refractivity contribution in [1.29, 1.82) is 0 Å². The maximum Gasteiger partial charge on any atom is 0.337 e. The van der Waals surface area contributed by atoms with E-state index >= 15 is 0 Å². The molecule has 1 saturated heterocycles. The summed E-state index contributed by atoms with van der Waals surface area (Å²) < 4.78 is 4.76. The van der Waals surface area contributed by atoms with Crippen LogP contribution < -0.4 is 5.32 Å². The number of nitrogens with one attached hydrogen (secondary N) is 2. The van der Waals surface area contributed by atoms with E-state index < -0.39 is 5.97 Å². The van der Waals surface area contributed by atoms with Crippen LogP contribution in [0.3, 0.4) is 0 Å². The number of rotatable bonds is 4. The zero-order chi connectivity index (χ0) is 18.3. The van der Waals surface area contributed by atoms with E-state index in [0.29, 0.717) is 11.1 Å². The number of amides is 1. The van der Waals surface area contributed by atoms with E-state index in [1.54, 1.807) is 12.1 Å². The Labute approximate surface area is 152 Å². The number of ether oxygens (including phenoxy) is 1. The summed E-state index contributed by atoms with van der Waals surface area (Å²) in [5.41, 5.74) is 2.65. The minimum Gasteiger partial charge on any atom is -0.465 e. The summed E-state index contributed by atoms with van der Waals surface area (Å²) in [6.45, 7) is 3.98. The second kappa shape index (κ2) is 6.72. The highest BCUT2D eigenvalue weighted by Gasteiger charge is 2.32. The van der Waals surface area contributed by atoms with E-state index in [2.05, 4.69) is 20.2 Å². The molecular formula is C19H24N4O3. The predicted octanol–water partition coefficient (Wildman–Crippen LogP) is 2.01. The normalized spacial score (nSPS) is 18.8. The number of imidazole rings is 1. The first kappa shape index (κ1) is 17.0. The van der Waals surface area contributed by atoms with Gasteiger partial charge in [-0.1, -0.05) is 0 Å². The average molecular weight is 356 g/mol. The summed E-state index contributed by atoms with van der Waals surface area (Å²) in [6.07, 6.45) is 4.60. The van der Waals surface area contributed by atoms with Crippen molar-refractivity contribution in [3.8, 4) is 0 Å². The summed E-state index contributed by atoms with van der Waals surface area (Å²) in [5.74, 6) is -0.314. The Morgan fingerprint density at radius 1 is 1.23 bits per heavy atom. The Morgan fingerprint density at radius 2 is 1.96 bits per heavy atom. The van der Waals surface area contributed by atoms with E-state index in [4.69, 9.17) is 4.74 Å². The smallest absolute Gasteiger partial charge is 0.337 e. The van der Waals surface area contributed by atoms with Crippen molar-refractivity contribution in [1.82, 2.24) is 20.2 Å². The molecule has 0 atom stereocenters. The first-order valence-electron chi connectivity index (χ1n) is 9.18. The molecule has 0 radical (unpaired) electrons. The lowest BCUT2D eigenvalue weighted by atomic mass is 10.0. The van der Waals surface area contributed by atoms with Gasteiger partial charge < -0.3 is 19.9 Å². The average Bonchev–Trinajstić information content (AvgIpc) is 3.40. The van der Waals surface area contributed by atoms with Gasteiger partial charge in [0.2, 0.25) is 0 Å². The van der Waals surface area contributed by atoms with Gasteiger partial charge in [0.15, 0.2) is 5.82 Å². The van der Waals surface area contributed by atoms with Crippen molar-refractivity contribution in [3.05, 3.63) is 29.1 Å². The number of carbonyl (C=O) groups excluding carboxylic acids is 2. The van der Waals surface area contributed by atoms with E-state index in [9.17, 15) is 9.59 Å². The number of aromatic amines is 1. The number of likely N-dealkylation sites (tertiary alicyclic amines) is 1. The monoisotopic (exact) mass is 356 g/mol. The van der Waals surface area contributed by atoms with Crippen LogP contribution in [-0.2, 0) is 4.74 Å². The highest BCUT2D eigenvalue weighted by Crippen LogP contribution is 2.29. The number of fused-ring (bicyclic) bond motifs is 1. The van der Waals surface area contributed by atoms with Crippen molar-refractivity contribution in [3.63, 3.8) is 0 Å². The van der Waals surface area contributed by atoms with Crippen LogP contribution in [0.5, 0.6) is 0 Å². The number of methoxy groups -OCH3 is 1. The topological polar surface area (TPSA) is 87.3 Å². The van der Waals surface area contributed by atoms with Gasteiger partial charge in [0.05, 0.1) is 23.7 Å². The Kier molecular flexibility index (Phi) is 4.40. The molecule has 1 aliphatic carbocycles. The van der Waals surface area contributed by atoms with Crippen molar-refractivity contribution in [2.45, 2.75) is 44.7 Å². The van der Waals surface area contributed by atoms with Gasteiger partial charge in [-0.15, -0.1) is 0 Å². The van der Waals surface area contributed by atoms with Crippen LogP contribution in [-0.4, -0.2) is 59.0 Å². The van der Waals surface area contributed by atoms with Crippen LogP contribution in [0.4, 0.5) is 0 Å². The zero-order valence-corrected chi connectivity index (χ0v) is 15.2. The lowest BCUT2D eigenvalue weighted by Gasteiger charge is -2.32. The standard InChI is InChI=1S/C19H24N4O3/c1-11-9-12(19(25)26-2)10-15-16(11)22-17(21-15)18(24)20-13-5-7-23(8-6-13)14-3-4-14/h9-10,13-14H,3-8H2,1-2H3,(H,20,24)(H,21,22). The number of nitrogens with zero attached hydrogens (tertiary/aromatic N) is 2. The molecule has 1 aromatic carbocycles. The van der Waals surface area contributed by atoms with Crippen LogP contribution in [0.25, 0.3) is 11.0 Å². The minimum absolute atomic E-state index is 0.190. The highest BCUT2D eigenvalue weighted by molar-refractivity contribution is 5.98. The van der Waals surface area contributed by atoms with Crippen molar-refractivity contribution >= 4 is 22.9 Å². The fourth-order valence-corrected chi connectivity index (χ4v) is 3.73. The fraction of sp³-hybridized carbons (Fsp3) is 0.526. The van der Waals surface area contributed by atoms with Crippen LogP contribution in [0.15, 0.2) is 12.1 Å². The molecule has 2 aromatic rings. The number of benzene rings is 1. The molecule has 1 amide bonds. The molecule has 1 aromatic heterocycles. The first-order valence-corrected chi connectivity index (χ1v) is 9.18. The molecule has 1 saturated carbocycles. The third-order valence-electron chi connectivity index (χ3n) is 5.35. The molecule has 0 bridgehead atoms. The van der Waals surface area contributed by atoms with Crippen LogP contribution in [0, 0.1) is 6.92 Å². The van der Waals surface area contributed by atoms with Crippen LogP contribution in [0.2, 0.25) is 0 Å². The molecule has 2 fully saturated rings. The number of hydrogen-bond donors (Lipinski definition) is 2.